The number of para-hydroxylation sites is 1. The van der Waals surface area contributed by atoms with E-state index in [1.54, 1.807) is 0 Å². The van der Waals surface area contributed by atoms with Crippen LogP contribution in [-0.2, 0) is 11.2 Å². The predicted molar refractivity (Wildman–Crippen MR) is 126 cm³/mol. The molecule has 0 saturated heterocycles. The summed E-state index contributed by atoms with van der Waals surface area (Å²) in [6, 6.07) is 14.3. The van der Waals surface area contributed by atoms with Crippen LogP contribution in [0.4, 0.5) is 11.4 Å². The van der Waals surface area contributed by atoms with E-state index in [4.69, 9.17) is 4.98 Å². The number of pyridine rings is 1. The third-order valence-electron chi connectivity index (χ3n) is 6.34. The lowest BCUT2D eigenvalue weighted by Crippen LogP contribution is -2.14. The monoisotopic (exact) mass is 406 g/mol. The zero-order chi connectivity index (χ0) is 20.9. The fourth-order valence-electron chi connectivity index (χ4n) is 4.71. The maximum Gasteiger partial charge on any atom is 0.256 e. The number of fused-ring (bicyclic) bond motifs is 3. The van der Waals surface area contributed by atoms with Gasteiger partial charge in [0.15, 0.2) is 0 Å². The highest BCUT2D eigenvalue weighted by Gasteiger charge is 2.25. The fourth-order valence-corrected chi connectivity index (χ4v) is 4.71. The lowest BCUT2D eigenvalue weighted by atomic mass is 9.94. The fraction of sp³-hybridized carbons (Fsp3) is 0.154. The zero-order valence-corrected chi connectivity index (χ0v) is 17.3. The molecule has 2 aromatic carbocycles. The first-order valence-electron chi connectivity index (χ1n) is 10.7. The van der Waals surface area contributed by atoms with E-state index in [9.17, 15) is 4.79 Å². The van der Waals surface area contributed by atoms with E-state index in [2.05, 4.69) is 40.7 Å². The summed E-state index contributed by atoms with van der Waals surface area (Å²) in [5.74, 6) is -0.0700. The molecule has 0 saturated carbocycles. The Kier molecular flexibility index (Phi) is 3.96. The number of amides is 1. The standard InChI is InChI=1S/C26H22N4O/c1-15-21(14-29-24-7-4-10-27-25(15)24)16-8-9-23-19(11-16)20(26(31)30-23)12-17-13-28-22-6-3-2-5-18(17)22/h2-3,5-6,8-9,11-14,27-28H,4,7,10H2,1H3,(H,30,31)/b20-12-. The number of benzene rings is 2. The van der Waals surface area contributed by atoms with Crippen molar-refractivity contribution < 1.29 is 4.79 Å². The maximum absolute atomic E-state index is 12.8. The number of nitrogens with zero attached hydrogens (tertiary/aromatic N) is 1. The van der Waals surface area contributed by atoms with Gasteiger partial charge in [-0.25, -0.2) is 0 Å². The summed E-state index contributed by atoms with van der Waals surface area (Å²) in [4.78, 5) is 20.8. The first kappa shape index (κ1) is 18.0. The number of carbonyl (C=O) groups is 1. The number of nitrogens with one attached hydrogen (secondary N) is 3. The zero-order valence-electron chi connectivity index (χ0n) is 17.3. The first-order chi connectivity index (χ1) is 15.2. The molecule has 0 spiro atoms. The molecule has 5 heteroatoms. The van der Waals surface area contributed by atoms with E-state index in [0.29, 0.717) is 5.57 Å². The Balaban J connectivity index is 1.47. The van der Waals surface area contributed by atoms with E-state index >= 15 is 0 Å². The Morgan fingerprint density at radius 1 is 1.10 bits per heavy atom. The minimum Gasteiger partial charge on any atom is -0.383 e. The minimum atomic E-state index is -0.0700. The summed E-state index contributed by atoms with van der Waals surface area (Å²) < 4.78 is 0. The summed E-state index contributed by atoms with van der Waals surface area (Å²) in [5, 5.41) is 7.62. The van der Waals surface area contributed by atoms with Gasteiger partial charge in [-0.1, -0.05) is 24.3 Å². The topological polar surface area (TPSA) is 69.8 Å². The molecular weight excluding hydrogens is 384 g/mol. The quantitative estimate of drug-likeness (QED) is 0.391. The Labute approximate surface area is 180 Å². The molecule has 4 aromatic rings. The van der Waals surface area contributed by atoms with Crippen LogP contribution in [0.1, 0.15) is 28.8 Å². The van der Waals surface area contributed by atoms with Crippen LogP contribution in [0.2, 0.25) is 0 Å². The molecule has 2 aromatic heterocycles. The number of hydrogen-bond donors (Lipinski definition) is 3. The number of anilines is 2. The molecule has 0 radical (unpaired) electrons. The van der Waals surface area contributed by atoms with Crippen molar-refractivity contribution in [2.75, 3.05) is 17.2 Å². The second-order valence-electron chi connectivity index (χ2n) is 8.21. The van der Waals surface area contributed by atoms with Gasteiger partial charge in [-0.3, -0.25) is 9.78 Å². The van der Waals surface area contributed by atoms with Gasteiger partial charge in [-0.15, -0.1) is 0 Å². The van der Waals surface area contributed by atoms with Crippen LogP contribution >= 0.6 is 0 Å². The molecule has 2 aliphatic heterocycles. The van der Waals surface area contributed by atoms with Crippen LogP contribution in [0.3, 0.4) is 0 Å². The highest BCUT2D eigenvalue weighted by Crippen LogP contribution is 2.39. The molecule has 0 atom stereocenters. The number of carbonyl (C=O) groups excluding carboxylic acids is 1. The highest BCUT2D eigenvalue weighted by molar-refractivity contribution is 6.35. The lowest BCUT2D eigenvalue weighted by Gasteiger charge is -2.21. The Morgan fingerprint density at radius 3 is 2.94 bits per heavy atom. The first-order valence-corrected chi connectivity index (χ1v) is 10.7. The molecule has 4 heterocycles. The summed E-state index contributed by atoms with van der Waals surface area (Å²) in [7, 11) is 0. The largest absolute Gasteiger partial charge is 0.383 e. The average Bonchev–Trinajstić information content (AvgIpc) is 3.35. The van der Waals surface area contributed by atoms with Gasteiger partial charge in [-0.2, -0.15) is 0 Å². The number of aromatic nitrogens is 2. The lowest BCUT2D eigenvalue weighted by molar-refractivity contribution is -0.110. The van der Waals surface area contributed by atoms with Gasteiger partial charge in [0, 0.05) is 57.8 Å². The van der Waals surface area contributed by atoms with Gasteiger partial charge in [0.25, 0.3) is 5.91 Å². The number of aryl methyl sites for hydroxylation is 1. The molecule has 152 valence electrons. The molecule has 0 aliphatic carbocycles. The molecule has 0 bridgehead atoms. The molecule has 5 nitrogen and oxygen atoms in total. The van der Waals surface area contributed by atoms with E-state index < -0.39 is 0 Å². The van der Waals surface area contributed by atoms with Crippen molar-refractivity contribution in [3.63, 3.8) is 0 Å². The van der Waals surface area contributed by atoms with Gasteiger partial charge in [0.2, 0.25) is 0 Å². The number of aromatic amines is 1. The van der Waals surface area contributed by atoms with Crippen LogP contribution in [-0.4, -0.2) is 22.4 Å². The van der Waals surface area contributed by atoms with Crippen molar-refractivity contribution in [2.45, 2.75) is 19.8 Å². The molecule has 0 fully saturated rings. The molecule has 1 amide bonds. The summed E-state index contributed by atoms with van der Waals surface area (Å²) in [6.45, 7) is 3.13. The van der Waals surface area contributed by atoms with Gasteiger partial charge in [0.05, 0.1) is 11.4 Å². The molecule has 2 aliphatic rings. The van der Waals surface area contributed by atoms with Crippen LogP contribution in [0, 0.1) is 6.92 Å². The predicted octanol–water partition coefficient (Wildman–Crippen LogP) is 5.39. The minimum absolute atomic E-state index is 0.0700. The second-order valence-corrected chi connectivity index (χ2v) is 8.21. The average molecular weight is 406 g/mol. The van der Waals surface area contributed by atoms with Crippen LogP contribution in [0.25, 0.3) is 33.7 Å². The molecular formula is C26H22N4O. The third-order valence-corrected chi connectivity index (χ3v) is 6.34. The van der Waals surface area contributed by atoms with Gasteiger partial charge in [0.1, 0.15) is 0 Å². The summed E-state index contributed by atoms with van der Waals surface area (Å²) in [5.41, 5.74) is 10.2. The number of hydrogen-bond acceptors (Lipinski definition) is 3. The van der Waals surface area contributed by atoms with Crippen molar-refractivity contribution in [3.05, 3.63) is 77.2 Å². The van der Waals surface area contributed by atoms with E-state index in [1.165, 1.54) is 5.56 Å². The normalized spacial score (nSPS) is 16.2. The highest BCUT2D eigenvalue weighted by atomic mass is 16.2. The molecule has 3 N–H and O–H groups in total. The van der Waals surface area contributed by atoms with Gasteiger partial charge in [-0.05, 0) is 55.2 Å². The van der Waals surface area contributed by atoms with Gasteiger partial charge >= 0.3 is 0 Å². The Bertz CT molecular complexity index is 1400. The smallest absolute Gasteiger partial charge is 0.256 e. The number of rotatable bonds is 2. The van der Waals surface area contributed by atoms with Crippen LogP contribution in [0.5, 0.6) is 0 Å². The second kappa shape index (κ2) is 6.84. The van der Waals surface area contributed by atoms with Crippen molar-refractivity contribution in [3.8, 4) is 11.1 Å². The van der Waals surface area contributed by atoms with Crippen molar-refractivity contribution >= 4 is 39.8 Å². The Hall–Kier alpha value is -3.86. The van der Waals surface area contributed by atoms with Crippen molar-refractivity contribution in [1.82, 2.24) is 9.97 Å². The Morgan fingerprint density at radius 2 is 2.00 bits per heavy atom. The van der Waals surface area contributed by atoms with Crippen LogP contribution in [0.15, 0.2) is 54.9 Å². The third kappa shape index (κ3) is 2.85. The maximum atomic E-state index is 12.8. The van der Waals surface area contributed by atoms with E-state index in [1.807, 2.05) is 42.7 Å². The number of H-pyrrole nitrogens is 1. The van der Waals surface area contributed by atoms with Crippen LogP contribution < -0.4 is 10.6 Å². The summed E-state index contributed by atoms with van der Waals surface area (Å²) in [6.07, 6.45) is 8.03. The van der Waals surface area contributed by atoms with Gasteiger partial charge < -0.3 is 15.6 Å². The molecule has 0 unspecified atom stereocenters. The van der Waals surface area contributed by atoms with E-state index in [0.717, 1.165) is 69.6 Å². The summed E-state index contributed by atoms with van der Waals surface area (Å²) >= 11 is 0. The van der Waals surface area contributed by atoms with Crippen molar-refractivity contribution in [2.24, 2.45) is 0 Å². The SMILES string of the molecule is Cc1c(-c2ccc3c(c2)/C(=C/c2c[nH]c4ccccc24)C(=O)N3)cnc2c1NCCC2. The van der Waals surface area contributed by atoms with E-state index in [-0.39, 0.29) is 5.91 Å². The van der Waals surface area contributed by atoms with Crippen molar-refractivity contribution in [1.29, 1.82) is 0 Å². The molecule has 6 rings (SSSR count). The molecule has 31 heavy (non-hydrogen) atoms.